The van der Waals surface area contributed by atoms with Crippen LogP contribution >= 0.6 is 15.9 Å². The molecule has 0 unspecified atom stereocenters. The normalized spacial score (nSPS) is 11.0. The first-order valence-electron chi connectivity index (χ1n) is 5.65. The second kappa shape index (κ2) is 4.14. The summed E-state index contributed by atoms with van der Waals surface area (Å²) in [5.41, 5.74) is 10.7. The molecule has 3 rings (SSSR count). The van der Waals surface area contributed by atoms with E-state index in [1.165, 1.54) is 0 Å². The summed E-state index contributed by atoms with van der Waals surface area (Å²) in [4.78, 5) is 4.60. The van der Waals surface area contributed by atoms with Crippen molar-refractivity contribution in [3.05, 3.63) is 52.8 Å². The number of nitrogens with zero attached hydrogens (tertiary/aromatic N) is 2. The van der Waals surface area contributed by atoms with Gasteiger partial charge in [0.05, 0.1) is 11.4 Å². The van der Waals surface area contributed by atoms with Crippen molar-refractivity contribution in [2.75, 3.05) is 5.73 Å². The summed E-state index contributed by atoms with van der Waals surface area (Å²) in [5, 5.41) is 0. The lowest BCUT2D eigenvalue weighted by molar-refractivity contribution is 1.17. The van der Waals surface area contributed by atoms with E-state index in [1.807, 2.05) is 54.0 Å². The third kappa shape index (κ3) is 1.78. The second-order valence-electron chi connectivity index (χ2n) is 4.28. The Labute approximate surface area is 113 Å². The molecule has 18 heavy (non-hydrogen) atoms. The van der Waals surface area contributed by atoms with Crippen molar-refractivity contribution in [3.63, 3.8) is 0 Å². The fourth-order valence-electron chi connectivity index (χ4n) is 1.92. The number of benzene rings is 1. The van der Waals surface area contributed by atoms with Crippen LogP contribution in [0.4, 0.5) is 5.69 Å². The van der Waals surface area contributed by atoms with Crippen LogP contribution < -0.4 is 5.73 Å². The first-order chi connectivity index (χ1) is 8.65. The van der Waals surface area contributed by atoms with Gasteiger partial charge >= 0.3 is 0 Å². The highest BCUT2D eigenvalue weighted by Crippen LogP contribution is 2.24. The molecule has 0 aliphatic rings. The highest BCUT2D eigenvalue weighted by Gasteiger charge is 2.07. The number of aryl methyl sites for hydroxylation is 1. The third-order valence-electron chi connectivity index (χ3n) is 3.02. The van der Waals surface area contributed by atoms with Gasteiger partial charge in [-0.3, -0.25) is 0 Å². The predicted molar refractivity (Wildman–Crippen MR) is 77.5 cm³/mol. The molecule has 3 nitrogen and oxygen atoms in total. The Balaban J connectivity index is 2.19. The smallest absolute Gasteiger partial charge is 0.160 e. The fourth-order valence-corrected chi connectivity index (χ4v) is 2.19. The van der Waals surface area contributed by atoms with Crippen LogP contribution in [0.2, 0.25) is 0 Å². The molecule has 0 fully saturated rings. The van der Waals surface area contributed by atoms with Crippen molar-refractivity contribution in [1.82, 2.24) is 9.38 Å². The standard InChI is InChI=1S/C14H12BrN3/c1-9-6-7-18-8-12(17-14(18)13(9)16)10-2-4-11(15)5-3-10/h2-8H,16H2,1H3. The second-order valence-corrected chi connectivity index (χ2v) is 5.19. The molecule has 90 valence electrons. The van der Waals surface area contributed by atoms with E-state index in [4.69, 9.17) is 5.73 Å². The zero-order valence-corrected chi connectivity index (χ0v) is 11.5. The molecule has 0 bridgehead atoms. The number of imidazole rings is 1. The van der Waals surface area contributed by atoms with E-state index in [0.717, 1.165) is 32.6 Å². The Kier molecular flexibility index (Phi) is 2.59. The summed E-state index contributed by atoms with van der Waals surface area (Å²) >= 11 is 3.43. The van der Waals surface area contributed by atoms with Crippen LogP contribution in [0.15, 0.2) is 47.2 Å². The summed E-state index contributed by atoms with van der Waals surface area (Å²) in [6.07, 6.45) is 3.98. The van der Waals surface area contributed by atoms with E-state index in [1.54, 1.807) is 0 Å². The van der Waals surface area contributed by atoms with Crippen molar-refractivity contribution in [2.24, 2.45) is 0 Å². The Morgan fingerprint density at radius 3 is 2.61 bits per heavy atom. The number of aromatic nitrogens is 2. The van der Waals surface area contributed by atoms with Gasteiger partial charge in [0.1, 0.15) is 0 Å². The number of halogens is 1. The molecule has 0 radical (unpaired) electrons. The molecule has 2 aromatic heterocycles. The molecular formula is C14H12BrN3. The molecule has 3 aromatic rings. The van der Waals surface area contributed by atoms with Crippen LogP contribution in [0.1, 0.15) is 5.56 Å². The van der Waals surface area contributed by atoms with E-state index in [2.05, 4.69) is 20.9 Å². The van der Waals surface area contributed by atoms with Gasteiger partial charge in [-0.25, -0.2) is 4.98 Å². The highest BCUT2D eigenvalue weighted by atomic mass is 79.9. The third-order valence-corrected chi connectivity index (χ3v) is 3.55. The van der Waals surface area contributed by atoms with Gasteiger partial charge in [0, 0.05) is 22.4 Å². The van der Waals surface area contributed by atoms with Crippen molar-refractivity contribution in [3.8, 4) is 11.3 Å². The van der Waals surface area contributed by atoms with Gasteiger partial charge in [-0.15, -0.1) is 0 Å². The van der Waals surface area contributed by atoms with E-state index in [0.29, 0.717) is 0 Å². The Morgan fingerprint density at radius 1 is 1.17 bits per heavy atom. The summed E-state index contributed by atoms with van der Waals surface area (Å²) in [7, 11) is 0. The number of fused-ring (bicyclic) bond motifs is 1. The summed E-state index contributed by atoms with van der Waals surface area (Å²) < 4.78 is 3.02. The quantitative estimate of drug-likeness (QED) is 0.745. The predicted octanol–water partition coefficient (Wildman–Crippen LogP) is 3.65. The molecular weight excluding hydrogens is 290 g/mol. The van der Waals surface area contributed by atoms with Crippen LogP contribution in [-0.4, -0.2) is 9.38 Å². The molecule has 0 saturated carbocycles. The maximum absolute atomic E-state index is 6.04. The molecule has 0 spiro atoms. The molecule has 2 heterocycles. The van der Waals surface area contributed by atoms with Crippen molar-refractivity contribution in [1.29, 1.82) is 0 Å². The number of pyridine rings is 1. The van der Waals surface area contributed by atoms with E-state index in [-0.39, 0.29) is 0 Å². The van der Waals surface area contributed by atoms with Crippen LogP contribution in [0.3, 0.4) is 0 Å². The lowest BCUT2D eigenvalue weighted by Gasteiger charge is -2.00. The molecule has 0 aliphatic heterocycles. The maximum atomic E-state index is 6.04. The minimum Gasteiger partial charge on any atom is -0.395 e. The Bertz CT molecular complexity index is 714. The highest BCUT2D eigenvalue weighted by molar-refractivity contribution is 9.10. The molecule has 1 aromatic carbocycles. The van der Waals surface area contributed by atoms with Gasteiger partial charge in [-0.1, -0.05) is 28.1 Å². The summed E-state index contributed by atoms with van der Waals surface area (Å²) in [6, 6.07) is 10.1. The number of hydrogen-bond acceptors (Lipinski definition) is 2. The van der Waals surface area contributed by atoms with E-state index in [9.17, 15) is 0 Å². The average molecular weight is 302 g/mol. The van der Waals surface area contributed by atoms with Crippen molar-refractivity contribution >= 4 is 27.3 Å². The zero-order valence-electron chi connectivity index (χ0n) is 9.89. The molecule has 4 heteroatoms. The first-order valence-corrected chi connectivity index (χ1v) is 6.44. The SMILES string of the molecule is Cc1ccn2cc(-c3ccc(Br)cc3)nc2c1N. The fraction of sp³-hybridized carbons (Fsp3) is 0.0714. The van der Waals surface area contributed by atoms with Crippen LogP contribution in [0, 0.1) is 6.92 Å². The van der Waals surface area contributed by atoms with E-state index < -0.39 is 0 Å². The van der Waals surface area contributed by atoms with Crippen LogP contribution in [0.5, 0.6) is 0 Å². The summed E-state index contributed by atoms with van der Waals surface area (Å²) in [5.74, 6) is 0. The van der Waals surface area contributed by atoms with Crippen molar-refractivity contribution in [2.45, 2.75) is 6.92 Å². The maximum Gasteiger partial charge on any atom is 0.160 e. The zero-order chi connectivity index (χ0) is 12.7. The number of anilines is 1. The number of rotatable bonds is 1. The lowest BCUT2D eigenvalue weighted by atomic mass is 10.2. The minimum atomic E-state index is 0.737. The van der Waals surface area contributed by atoms with Gasteiger partial charge < -0.3 is 10.1 Å². The first kappa shape index (κ1) is 11.3. The number of nitrogen functional groups attached to an aromatic ring is 1. The largest absolute Gasteiger partial charge is 0.395 e. The Hall–Kier alpha value is -1.81. The molecule has 0 saturated heterocycles. The topological polar surface area (TPSA) is 43.3 Å². The number of nitrogens with two attached hydrogens (primary N) is 1. The van der Waals surface area contributed by atoms with Crippen LogP contribution in [0.25, 0.3) is 16.9 Å². The molecule has 0 amide bonds. The number of hydrogen-bond donors (Lipinski definition) is 1. The monoisotopic (exact) mass is 301 g/mol. The average Bonchev–Trinajstić information content (AvgIpc) is 2.80. The molecule has 0 atom stereocenters. The van der Waals surface area contributed by atoms with Gasteiger partial charge in [0.15, 0.2) is 5.65 Å². The van der Waals surface area contributed by atoms with Gasteiger partial charge in [-0.05, 0) is 30.7 Å². The van der Waals surface area contributed by atoms with Gasteiger partial charge in [0.2, 0.25) is 0 Å². The Morgan fingerprint density at radius 2 is 1.89 bits per heavy atom. The van der Waals surface area contributed by atoms with Gasteiger partial charge in [-0.2, -0.15) is 0 Å². The van der Waals surface area contributed by atoms with Gasteiger partial charge in [0.25, 0.3) is 0 Å². The lowest BCUT2D eigenvalue weighted by Crippen LogP contribution is -1.94. The van der Waals surface area contributed by atoms with E-state index >= 15 is 0 Å². The summed E-state index contributed by atoms with van der Waals surface area (Å²) in [6.45, 7) is 1.99. The van der Waals surface area contributed by atoms with Crippen LogP contribution in [-0.2, 0) is 0 Å². The minimum absolute atomic E-state index is 0.737. The molecule has 0 aliphatic carbocycles. The molecule has 2 N–H and O–H groups in total. The van der Waals surface area contributed by atoms with Crippen molar-refractivity contribution < 1.29 is 0 Å².